The van der Waals surface area contributed by atoms with Gasteiger partial charge >= 0.3 is 0 Å². The Morgan fingerprint density at radius 1 is 1.43 bits per heavy atom. The largest absolute Gasteiger partial charge is 0.475 e. The van der Waals surface area contributed by atoms with Gasteiger partial charge in [-0.15, -0.1) is 11.8 Å². The molecule has 8 nitrogen and oxygen atoms in total. The minimum absolute atomic E-state index is 0.0609. The second-order valence-corrected chi connectivity index (χ2v) is 8.14. The van der Waals surface area contributed by atoms with Gasteiger partial charge in [-0.05, 0) is 6.92 Å². The third-order valence-corrected chi connectivity index (χ3v) is 5.00. The molecule has 2 heterocycles. The van der Waals surface area contributed by atoms with Crippen LogP contribution in [0.4, 0.5) is 0 Å². The molecule has 2 rings (SSSR count). The van der Waals surface area contributed by atoms with Crippen LogP contribution in [-0.2, 0) is 14.3 Å². The lowest BCUT2D eigenvalue weighted by Gasteiger charge is -2.32. The standard InChI is InChI=1S/C19H30N4O4S/c1-13(2)19-21-14(3)9-17(22-19)27-11-16-10-23(6-7-26-16)18(25)5-8-28-12-20-15(4)24/h9,13,16H,5-8,10-12H2,1-4H3,(H,20,24). The third-order valence-electron chi connectivity index (χ3n) is 4.16. The van der Waals surface area contributed by atoms with Crippen molar-refractivity contribution >= 4 is 23.6 Å². The van der Waals surface area contributed by atoms with Crippen molar-refractivity contribution in [1.82, 2.24) is 20.2 Å². The molecule has 0 radical (unpaired) electrons. The molecule has 1 aliphatic heterocycles. The molecule has 9 heteroatoms. The number of rotatable bonds is 9. The fourth-order valence-electron chi connectivity index (χ4n) is 2.66. The molecule has 1 atom stereocenters. The number of thioether (sulfide) groups is 1. The zero-order valence-electron chi connectivity index (χ0n) is 17.1. The number of amides is 2. The van der Waals surface area contributed by atoms with Crippen LogP contribution < -0.4 is 10.1 Å². The van der Waals surface area contributed by atoms with Crippen LogP contribution in [0, 0.1) is 6.92 Å². The van der Waals surface area contributed by atoms with Crippen LogP contribution in [0.25, 0.3) is 0 Å². The molecule has 1 unspecified atom stereocenters. The first-order valence-electron chi connectivity index (χ1n) is 9.55. The Kier molecular flexibility index (Phi) is 8.98. The Morgan fingerprint density at radius 2 is 2.21 bits per heavy atom. The number of morpholine rings is 1. The van der Waals surface area contributed by atoms with Crippen molar-refractivity contribution in [3.63, 3.8) is 0 Å². The summed E-state index contributed by atoms with van der Waals surface area (Å²) in [5, 5.41) is 2.71. The molecule has 1 aromatic heterocycles. The second-order valence-electron chi connectivity index (χ2n) is 7.04. The molecule has 0 spiro atoms. The number of carbonyl (C=O) groups excluding carboxylic acids is 2. The lowest BCUT2D eigenvalue weighted by molar-refractivity contribution is -0.139. The average Bonchev–Trinajstić information content (AvgIpc) is 2.65. The number of ether oxygens (including phenoxy) is 2. The molecule has 0 saturated carbocycles. The van der Waals surface area contributed by atoms with Gasteiger partial charge in [0.15, 0.2) is 0 Å². The SMILES string of the molecule is CC(=O)NCSCCC(=O)N1CCOC(COc2cc(C)nc(C(C)C)n2)C1. The van der Waals surface area contributed by atoms with Gasteiger partial charge in [-0.3, -0.25) is 9.59 Å². The van der Waals surface area contributed by atoms with Crippen LogP contribution in [0.15, 0.2) is 6.07 Å². The average molecular weight is 411 g/mol. The summed E-state index contributed by atoms with van der Waals surface area (Å²) in [5.74, 6) is 2.77. The maximum absolute atomic E-state index is 12.4. The van der Waals surface area contributed by atoms with E-state index in [1.807, 2.05) is 31.7 Å². The summed E-state index contributed by atoms with van der Waals surface area (Å²) in [7, 11) is 0. The Labute approximate surface area is 170 Å². The fourth-order valence-corrected chi connectivity index (χ4v) is 3.43. The Bertz CT molecular complexity index is 671. The summed E-state index contributed by atoms with van der Waals surface area (Å²) in [6, 6.07) is 1.81. The monoisotopic (exact) mass is 410 g/mol. The highest BCUT2D eigenvalue weighted by Gasteiger charge is 2.24. The number of hydrogen-bond acceptors (Lipinski definition) is 7. The summed E-state index contributed by atoms with van der Waals surface area (Å²) < 4.78 is 11.6. The zero-order valence-corrected chi connectivity index (χ0v) is 17.9. The Hall–Kier alpha value is -1.87. The number of carbonyl (C=O) groups is 2. The predicted molar refractivity (Wildman–Crippen MR) is 108 cm³/mol. The predicted octanol–water partition coefficient (Wildman–Crippen LogP) is 1.73. The van der Waals surface area contributed by atoms with Crippen molar-refractivity contribution in [2.45, 2.75) is 46.1 Å². The Morgan fingerprint density at radius 3 is 2.93 bits per heavy atom. The lowest BCUT2D eigenvalue weighted by Crippen LogP contribution is -2.47. The molecule has 28 heavy (non-hydrogen) atoms. The molecular formula is C19H30N4O4S. The van der Waals surface area contributed by atoms with E-state index in [-0.39, 0.29) is 23.8 Å². The van der Waals surface area contributed by atoms with Gasteiger partial charge in [0, 0.05) is 43.3 Å². The highest BCUT2D eigenvalue weighted by atomic mass is 32.2. The molecule has 1 aliphatic rings. The normalized spacial score (nSPS) is 16.9. The molecule has 2 amide bonds. The number of hydrogen-bond donors (Lipinski definition) is 1. The zero-order chi connectivity index (χ0) is 20.5. The Balaban J connectivity index is 1.77. The highest BCUT2D eigenvalue weighted by Crippen LogP contribution is 2.16. The number of aryl methyl sites for hydroxylation is 1. The van der Waals surface area contributed by atoms with Gasteiger partial charge in [0.1, 0.15) is 18.5 Å². The highest BCUT2D eigenvalue weighted by molar-refractivity contribution is 7.99. The van der Waals surface area contributed by atoms with Gasteiger partial charge in [0.05, 0.1) is 19.0 Å². The van der Waals surface area contributed by atoms with Gasteiger partial charge in [0.25, 0.3) is 0 Å². The minimum atomic E-state index is -0.178. The van der Waals surface area contributed by atoms with Gasteiger partial charge in [-0.2, -0.15) is 4.98 Å². The van der Waals surface area contributed by atoms with E-state index in [1.165, 1.54) is 18.7 Å². The van der Waals surface area contributed by atoms with E-state index in [0.29, 0.717) is 50.2 Å². The molecule has 0 aromatic carbocycles. The van der Waals surface area contributed by atoms with Crippen molar-refractivity contribution in [3.8, 4) is 5.88 Å². The van der Waals surface area contributed by atoms with E-state index in [9.17, 15) is 9.59 Å². The molecular weight excluding hydrogens is 380 g/mol. The van der Waals surface area contributed by atoms with E-state index < -0.39 is 0 Å². The van der Waals surface area contributed by atoms with Crippen LogP contribution in [0.5, 0.6) is 5.88 Å². The minimum Gasteiger partial charge on any atom is -0.475 e. The first-order valence-corrected chi connectivity index (χ1v) is 10.7. The van der Waals surface area contributed by atoms with E-state index in [1.54, 1.807) is 0 Å². The van der Waals surface area contributed by atoms with Crippen molar-refractivity contribution in [1.29, 1.82) is 0 Å². The van der Waals surface area contributed by atoms with E-state index in [4.69, 9.17) is 9.47 Å². The summed E-state index contributed by atoms with van der Waals surface area (Å²) in [4.78, 5) is 33.9. The molecule has 0 aliphatic carbocycles. The van der Waals surface area contributed by atoms with Crippen LogP contribution in [-0.4, -0.2) is 70.7 Å². The third kappa shape index (κ3) is 7.63. The van der Waals surface area contributed by atoms with Crippen LogP contribution in [0.2, 0.25) is 0 Å². The van der Waals surface area contributed by atoms with E-state index in [0.717, 1.165) is 11.5 Å². The van der Waals surface area contributed by atoms with Crippen molar-refractivity contribution in [2.75, 3.05) is 37.9 Å². The maximum atomic E-state index is 12.4. The summed E-state index contributed by atoms with van der Waals surface area (Å²) in [6.45, 7) is 9.43. The van der Waals surface area contributed by atoms with E-state index in [2.05, 4.69) is 15.3 Å². The summed E-state index contributed by atoms with van der Waals surface area (Å²) in [6.07, 6.45) is 0.267. The van der Waals surface area contributed by atoms with E-state index >= 15 is 0 Å². The van der Waals surface area contributed by atoms with Gasteiger partial charge in [0.2, 0.25) is 17.7 Å². The summed E-state index contributed by atoms with van der Waals surface area (Å²) in [5.41, 5.74) is 0.867. The van der Waals surface area contributed by atoms with Gasteiger partial charge in [-0.25, -0.2) is 4.98 Å². The molecule has 156 valence electrons. The molecule has 1 N–H and O–H groups in total. The molecule has 1 saturated heterocycles. The number of nitrogens with zero attached hydrogens (tertiary/aromatic N) is 3. The maximum Gasteiger partial charge on any atom is 0.223 e. The van der Waals surface area contributed by atoms with Crippen molar-refractivity contribution < 1.29 is 19.1 Å². The summed E-state index contributed by atoms with van der Waals surface area (Å²) >= 11 is 1.54. The van der Waals surface area contributed by atoms with Gasteiger partial charge in [-0.1, -0.05) is 13.8 Å². The van der Waals surface area contributed by atoms with Gasteiger partial charge < -0.3 is 19.7 Å². The van der Waals surface area contributed by atoms with Crippen LogP contribution >= 0.6 is 11.8 Å². The van der Waals surface area contributed by atoms with Crippen molar-refractivity contribution in [3.05, 3.63) is 17.6 Å². The first-order chi connectivity index (χ1) is 13.3. The molecule has 1 fully saturated rings. The topological polar surface area (TPSA) is 93.7 Å². The van der Waals surface area contributed by atoms with Crippen molar-refractivity contribution in [2.24, 2.45) is 0 Å². The molecule has 1 aromatic rings. The van der Waals surface area contributed by atoms with Crippen LogP contribution in [0.1, 0.15) is 44.6 Å². The quantitative estimate of drug-likeness (QED) is 0.489. The first kappa shape index (κ1) is 22.4. The number of nitrogens with one attached hydrogen (secondary N) is 1. The number of aromatic nitrogens is 2. The fraction of sp³-hybridized carbons (Fsp3) is 0.684. The smallest absolute Gasteiger partial charge is 0.223 e. The molecule has 0 bridgehead atoms. The van der Waals surface area contributed by atoms with Crippen LogP contribution in [0.3, 0.4) is 0 Å². The lowest BCUT2D eigenvalue weighted by atomic mass is 10.2. The second kappa shape index (κ2) is 11.2.